The topological polar surface area (TPSA) is 3.24 Å². The summed E-state index contributed by atoms with van der Waals surface area (Å²) >= 11 is 0. The van der Waals surface area contributed by atoms with Crippen molar-refractivity contribution in [3.63, 3.8) is 0 Å². The normalized spacial score (nSPS) is 18.9. The standard InChI is InChI=1S/C19H29N/c1-4-17-10-5-6-11-18(17)12-7-8-14-20-15-9-13-19(2,3)16-20/h4-6,10-11H,1,7-9,12-16H2,2-3H3. The van der Waals surface area contributed by atoms with E-state index in [0.717, 1.165) is 0 Å². The van der Waals surface area contributed by atoms with E-state index in [1.165, 1.54) is 62.9 Å². The molecule has 1 saturated heterocycles. The van der Waals surface area contributed by atoms with Crippen LogP contribution in [0.3, 0.4) is 0 Å². The minimum Gasteiger partial charge on any atom is -0.303 e. The van der Waals surface area contributed by atoms with Crippen molar-refractivity contribution in [1.82, 2.24) is 4.90 Å². The third-order valence-electron chi connectivity index (χ3n) is 4.42. The van der Waals surface area contributed by atoms with Gasteiger partial charge in [0.15, 0.2) is 0 Å². The number of rotatable bonds is 6. The molecular weight excluding hydrogens is 242 g/mol. The zero-order valence-electron chi connectivity index (χ0n) is 13.2. The fraction of sp³-hybridized carbons (Fsp3) is 0.579. The van der Waals surface area contributed by atoms with Gasteiger partial charge in [-0.1, -0.05) is 50.8 Å². The number of unbranched alkanes of at least 4 members (excludes halogenated alkanes) is 1. The second-order valence-corrected chi connectivity index (χ2v) is 6.90. The Labute approximate surface area is 124 Å². The van der Waals surface area contributed by atoms with Gasteiger partial charge in [-0.15, -0.1) is 0 Å². The van der Waals surface area contributed by atoms with E-state index in [1.807, 2.05) is 6.08 Å². The minimum atomic E-state index is 0.522. The molecule has 0 saturated carbocycles. The molecule has 0 aliphatic carbocycles. The van der Waals surface area contributed by atoms with Crippen molar-refractivity contribution in [2.75, 3.05) is 19.6 Å². The summed E-state index contributed by atoms with van der Waals surface area (Å²) in [7, 11) is 0. The molecule has 0 aromatic heterocycles. The number of benzene rings is 1. The van der Waals surface area contributed by atoms with Crippen LogP contribution in [-0.2, 0) is 6.42 Å². The lowest BCUT2D eigenvalue weighted by molar-refractivity contribution is 0.116. The van der Waals surface area contributed by atoms with Gasteiger partial charge in [-0.3, -0.25) is 0 Å². The Morgan fingerprint density at radius 2 is 2.05 bits per heavy atom. The Kier molecular flexibility index (Phi) is 5.42. The fourth-order valence-corrected chi connectivity index (χ4v) is 3.35. The highest BCUT2D eigenvalue weighted by molar-refractivity contribution is 5.51. The Bertz CT molecular complexity index is 433. The van der Waals surface area contributed by atoms with Crippen LogP contribution in [0.4, 0.5) is 0 Å². The SMILES string of the molecule is C=Cc1ccccc1CCCCN1CCCC(C)(C)C1. The van der Waals surface area contributed by atoms with Crippen LogP contribution in [0.1, 0.15) is 50.7 Å². The van der Waals surface area contributed by atoms with Gasteiger partial charge in [0.25, 0.3) is 0 Å². The number of likely N-dealkylation sites (tertiary alicyclic amines) is 1. The lowest BCUT2D eigenvalue weighted by Crippen LogP contribution is -2.40. The maximum absolute atomic E-state index is 3.90. The molecule has 0 N–H and O–H groups in total. The molecule has 1 aromatic rings. The van der Waals surface area contributed by atoms with Crippen molar-refractivity contribution < 1.29 is 0 Å². The largest absolute Gasteiger partial charge is 0.303 e. The maximum Gasteiger partial charge on any atom is 0.00327 e. The van der Waals surface area contributed by atoms with Crippen LogP contribution in [0, 0.1) is 5.41 Å². The molecule has 1 aromatic carbocycles. The summed E-state index contributed by atoms with van der Waals surface area (Å²) in [4.78, 5) is 2.66. The van der Waals surface area contributed by atoms with Crippen LogP contribution >= 0.6 is 0 Å². The van der Waals surface area contributed by atoms with Crippen molar-refractivity contribution in [3.05, 3.63) is 42.0 Å². The number of aryl methyl sites for hydroxylation is 1. The molecule has 0 spiro atoms. The summed E-state index contributed by atoms with van der Waals surface area (Å²) in [6, 6.07) is 8.63. The number of piperidine rings is 1. The molecule has 1 heteroatoms. The van der Waals surface area contributed by atoms with E-state index in [2.05, 4.69) is 49.6 Å². The van der Waals surface area contributed by atoms with Gasteiger partial charge >= 0.3 is 0 Å². The first kappa shape index (κ1) is 15.3. The second-order valence-electron chi connectivity index (χ2n) is 6.90. The average Bonchev–Trinajstić information content (AvgIpc) is 2.43. The van der Waals surface area contributed by atoms with E-state index in [9.17, 15) is 0 Å². The molecule has 0 bridgehead atoms. The Balaban J connectivity index is 1.72. The van der Waals surface area contributed by atoms with E-state index in [0.29, 0.717) is 5.41 Å². The predicted molar refractivity (Wildman–Crippen MR) is 88.9 cm³/mol. The Morgan fingerprint density at radius 1 is 1.25 bits per heavy atom. The highest BCUT2D eigenvalue weighted by Crippen LogP contribution is 2.28. The van der Waals surface area contributed by atoms with Gasteiger partial charge in [0.1, 0.15) is 0 Å². The number of hydrogen-bond acceptors (Lipinski definition) is 1. The molecule has 0 unspecified atom stereocenters. The molecule has 0 amide bonds. The summed E-state index contributed by atoms with van der Waals surface area (Å²) in [6.07, 6.45) is 8.49. The second kappa shape index (κ2) is 7.08. The Morgan fingerprint density at radius 3 is 2.80 bits per heavy atom. The first-order valence-corrected chi connectivity index (χ1v) is 8.03. The average molecular weight is 271 g/mol. The molecule has 1 aliphatic rings. The maximum atomic E-state index is 3.90. The van der Waals surface area contributed by atoms with Crippen molar-refractivity contribution in [2.45, 2.75) is 46.0 Å². The molecular formula is C19H29N. The molecule has 110 valence electrons. The lowest BCUT2D eigenvalue weighted by atomic mass is 9.84. The van der Waals surface area contributed by atoms with E-state index in [-0.39, 0.29) is 0 Å². The molecule has 1 aliphatic heterocycles. The van der Waals surface area contributed by atoms with Gasteiger partial charge in [-0.25, -0.2) is 0 Å². The van der Waals surface area contributed by atoms with Gasteiger partial charge < -0.3 is 4.90 Å². The monoisotopic (exact) mass is 271 g/mol. The molecule has 1 nitrogen and oxygen atoms in total. The third kappa shape index (κ3) is 4.49. The molecule has 0 atom stereocenters. The fourth-order valence-electron chi connectivity index (χ4n) is 3.35. The molecule has 20 heavy (non-hydrogen) atoms. The minimum absolute atomic E-state index is 0.522. The molecule has 0 radical (unpaired) electrons. The summed E-state index contributed by atoms with van der Waals surface area (Å²) in [5.41, 5.74) is 3.27. The van der Waals surface area contributed by atoms with E-state index < -0.39 is 0 Å². The van der Waals surface area contributed by atoms with Crippen LogP contribution < -0.4 is 0 Å². The quantitative estimate of drug-likeness (QED) is 0.673. The van der Waals surface area contributed by atoms with E-state index in [4.69, 9.17) is 0 Å². The first-order valence-electron chi connectivity index (χ1n) is 8.03. The van der Waals surface area contributed by atoms with E-state index >= 15 is 0 Å². The number of nitrogens with zero attached hydrogens (tertiary/aromatic N) is 1. The van der Waals surface area contributed by atoms with Crippen LogP contribution in [0.5, 0.6) is 0 Å². The third-order valence-corrected chi connectivity index (χ3v) is 4.42. The summed E-state index contributed by atoms with van der Waals surface area (Å²) in [6.45, 7) is 12.5. The van der Waals surface area contributed by atoms with Crippen LogP contribution in [0.15, 0.2) is 30.8 Å². The Hall–Kier alpha value is -1.08. The number of hydrogen-bond donors (Lipinski definition) is 0. The van der Waals surface area contributed by atoms with Crippen molar-refractivity contribution in [2.24, 2.45) is 5.41 Å². The van der Waals surface area contributed by atoms with E-state index in [1.54, 1.807) is 0 Å². The van der Waals surface area contributed by atoms with Gasteiger partial charge in [-0.2, -0.15) is 0 Å². The van der Waals surface area contributed by atoms with Crippen molar-refractivity contribution in [1.29, 1.82) is 0 Å². The van der Waals surface area contributed by atoms with Gasteiger partial charge in [0, 0.05) is 6.54 Å². The highest BCUT2D eigenvalue weighted by Gasteiger charge is 2.25. The zero-order chi connectivity index (χ0) is 14.4. The smallest absolute Gasteiger partial charge is 0.00327 e. The van der Waals surface area contributed by atoms with Crippen LogP contribution in [-0.4, -0.2) is 24.5 Å². The van der Waals surface area contributed by atoms with Gasteiger partial charge in [0.2, 0.25) is 0 Å². The summed E-state index contributed by atoms with van der Waals surface area (Å²) in [5.74, 6) is 0. The van der Waals surface area contributed by atoms with Crippen molar-refractivity contribution in [3.8, 4) is 0 Å². The molecule has 1 heterocycles. The predicted octanol–water partition coefficient (Wildman–Crippen LogP) is 4.77. The molecule has 2 rings (SSSR count). The highest BCUT2D eigenvalue weighted by atomic mass is 15.1. The van der Waals surface area contributed by atoms with Gasteiger partial charge in [0.05, 0.1) is 0 Å². The zero-order valence-corrected chi connectivity index (χ0v) is 13.2. The lowest BCUT2D eigenvalue weighted by Gasteiger charge is -2.38. The van der Waals surface area contributed by atoms with Crippen molar-refractivity contribution >= 4 is 6.08 Å². The summed E-state index contributed by atoms with van der Waals surface area (Å²) < 4.78 is 0. The van der Waals surface area contributed by atoms with Crippen LogP contribution in [0.2, 0.25) is 0 Å². The first-order chi connectivity index (χ1) is 9.61. The van der Waals surface area contributed by atoms with Gasteiger partial charge in [-0.05, 0) is 61.7 Å². The van der Waals surface area contributed by atoms with Crippen LogP contribution in [0.25, 0.3) is 6.08 Å². The summed E-state index contributed by atoms with van der Waals surface area (Å²) in [5, 5.41) is 0. The molecule has 1 fully saturated rings.